The summed E-state index contributed by atoms with van der Waals surface area (Å²) in [5.74, 6) is 7.27. The van der Waals surface area contributed by atoms with Gasteiger partial charge in [-0.15, -0.1) is 0 Å². The predicted molar refractivity (Wildman–Crippen MR) is 316 cm³/mol. The van der Waals surface area contributed by atoms with Crippen molar-refractivity contribution in [2.45, 2.75) is 148 Å². The highest BCUT2D eigenvalue weighted by atomic mass is 28.4. The number of ketones is 3. The van der Waals surface area contributed by atoms with Crippen LogP contribution in [0.5, 0.6) is 28.7 Å². The van der Waals surface area contributed by atoms with Crippen LogP contribution in [0.3, 0.4) is 0 Å². The van der Waals surface area contributed by atoms with Crippen molar-refractivity contribution in [2.24, 2.45) is 0 Å². The molecule has 0 unspecified atom stereocenters. The Labute approximate surface area is 461 Å². The quantitative estimate of drug-likeness (QED) is 0.104. The van der Waals surface area contributed by atoms with E-state index in [-0.39, 0.29) is 11.6 Å². The third kappa shape index (κ3) is 18.7. The van der Waals surface area contributed by atoms with Gasteiger partial charge in [-0.1, -0.05) is 30.3 Å². The van der Waals surface area contributed by atoms with Gasteiger partial charge in [0.25, 0.3) is 0 Å². The molecule has 412 valence electrons. The SMILES string of the molecule is COc1ccc2c(c1)C(=O)CCC2.COc1ccc2c(c1)C(=O)CCCC2.COc1ccc2c(c1)C(O[Si](C)(C)C)=CCCC2.COc1ccc2c(c1)C=C(O[Si](C)(C)C)CCC2.COc1ccc2c(c1)CC(=O)CCC2. The van der Waals surface area contributed by atoms with Crippen molar-refractivity contribution in [3.63, 3.8) is 0 Å². The van der Waals surface area contributed by atoms with Crippen LogP contribution < -0.4 is 23.7 Å². The number of rotatable bonds is 9. The van der Waals surface area contributed by atoms with Crippen molar-refractivity contribution < 1.29 is 46.9 Å². The predicted octanol–water partition coefficient (Wildman–Crippen LogP) is 15.4. The fourth-order valence-corrected chi connectivity index (χ4v) is 11.8. The molecule has 0 aliphatic heterocycles. The number of carbonyl (C=O) groups excluding carboxylic acids is 3. The van der Waals surface area contributed by atoms with Gasteiger partial charge < -0.3 is 32.5 Å². The third-order valence-electron chi connectivity index (χ3n) is 13.8. The Hall–Kier alpha value is -6.38. The number of carbonyl (C=O) groups is 3. The molecular weight excluding hydrogens is 997 g/mol. The lowest BCUT2D eigenvalue weighted by Crippen LogP contribution is -2.24. The van der Waals surface area contributed by atoms with Crippen LogP contribution in [0, 0.1) is 0 Å². The van der Waals surface area contributed by atoms with E-state index < -0.39 is 16.6 Å². The first-order valence-electron chi connectivity index (χ1n) is 27.6. The van der Waals surface area contributed by atoms with Crippen molar-refractivity contribution in [1.82, 2.24) is 0 Å². The van der Waals surface area contributed by atoms with Crippen molar-refractivity contribution in [1.29, 1.82) is 0 Å². The Balaban J connectivity index is 0.000000157. The number of methoxy groups -OCH3 is 5. The first kappa shape index (κ1) is 59.9. The van der Waals surface area contributed by atoms with Gasteiger partial charge >= 0.3 is 0 Å². The van der Waals surface area contributed by atoms with Crippen LogP contribution in [-0.4, -0.2) is 69.5 Å². The minimum Gasteiger partial charge on any atom is -0.547 e. The van der Waals surface area contributed by atoms with Crippen molar-refractivity contribution in [3.8, 4) is 28.7 Å². The van der Waals surface area contributed by atoms with E-state index in [1.54, 1.807) is 35.5 Å². The molecule has 0 bridgehead atoms. The van der Waals surface area contributed by atoms with Gasteiger partial charge in [-0.25, -0.2) is 0 Å². The Morgan fingerprint density at radius 2 is 0.792 bits per heavy atom. The highest BCUT2D eigenvalue weighted by Crippen LogP contribution is 2.33. The van der Waals surface area contributed by atoms with E-state index in [9.17, 15) is 14.4 Å². The van der Waals surface area contributed by atoms with Crippen LogP contribution in [0.1, 0.15) is 136 Å². The average molecular weight is 1080 g/mol. The maximum Gasteiger partial charge on any atom is 0.242 e. The fraction of sp³-hybridized carbons (Fsp3) is 0.431. The molecule has 0 N–H and O–H groups in total. The monoisotopic (exact) mass is 1080 g/mol. The minimum atomic E-state index is -1.57. The Bertz CT molecular complexity index is 2870. The molecule has 5 aromatic carbocycles. The van der Waals surface area contributed by atoms with Crippen molar-refractivity contribution in [3.05, 3.63) is 158 Å². The summed E-state index contributed by atoms with van der Waals surface area (Å²) in [4.78, 5) is 34.6. The normalized spacial score (nSPS) is 15.6. The molecule has 0 saturated heterocycles. The van der Waals surface area contributed by atoms with Crippen LogP contribution >= 0.6 is 0 Å². The second-order valence-corrected chi connectivity index (χ2v) is 31.0. The number of hydrogen-bond donors (Lipinski definition) is 0. The highest BCUT2D eigenvalue weighted by Gasteiger charge is 2.23. The first-order valence-corrected chi connectivity index (χ1v) is 34.4. The summed E-state index contributed by atoms with van der Waals surface area (Å²) in [6.07, 6.45) is 21.0. The molecule has 0 spiro atoms. The minimum absolute atomic E-state index is 0.250. The van der Waals surface area contributed by atoms with Gasteiger partial charge in [-0.2, -0.15) is 0 Å². The second kappa shape index (κ2) is 28.8. The molecule has 0 heterocycles. The van der Waals surface area contributed by atoms with E-state index in [0.717, 1.165) is 146 Å². The van der Waals surface area contributed by atoms with Gasteiger partial charge in [0.2, 0.25) is 16.6 Å². The van der Waals surface area contributed by atoms with Crippen molar-refractivity contribution in [2.75, 3.05) is 35.5 Å². The fourth-order valence-electron chi connectivity index (χ4n) is 9.97. The summed E-state index contributed by atoms with van der Waals surface area (Å²) in [5.41, 5.74) is 11.7. The van der Waals surface area contributed by atoms with Gasteiger partial charge in [0.05, 0.1) is 41.3 Å². The molecule has 0 aromatic heterocycles. The molecule has 10 rings (SSSR count). The zero-order valence-corrected chi connectivity index (χ0v) is 49.9. The first-order chi connectivity index (χ1) is 36.9. The van der Waals surface area contributed by atoms with Gasteiger partial charge in [-0.3, -0.25) is 14.4 Å². The standard InChI is InChI=1S/2C15H22O2Si.2C12H14O2.C11H12O2/c1-16-14-9-8-12-6-5-7-15(11-13(12)10-14)17-18(2,3)4;1-16-13-10-9-12-7-5-6-8-15(14(12)11-13)17-18(2,3)4;1-14-12-6-5-9-3-2-4-11(13)7-10(9)8-12;1-14-10-7-6-9-4-2-3-5-12(13)11(9)8-10;1-13-9-6-5-8-3-2-4-11(12)10(8)7-9/h2*8-11H,5-7H2,1-4H3;5-6,8H,2-4,7H2,1H3;6-8H,2-5H2,1H3;5-7H,2-4H2,1H3. The summed E-state index contributed by atoms with van der Waals surface area (Å²) in [7, 11) is 5.24. The maximum absolute atomic E-state index is 11.7. The summed E-state index contributed by atoms with van der Waals surface area (Å²) >= 11 is 0. The van der Waals surface area contributed by atoms with Crippen LogP contribution in [-0.2, 0) is 52.2 Å². The van der Waals surface area contributed by atoms with E-state index >= 15 is 0 Å². The van der Waals surface area contributed by atoms with Gasteiger partial charge in [0.1, 0.15) is 40.3 Å². The Kier molecular flexibility index (Phi) is 22.4. The molecule has 77 heavy (non-hydrogen) atoms. The van der Waals surface area contributed by atoms with Gasteiger partial charge in [0.15, 0.2) is 11.6 Å². The molecule has 0 amide bonds. The summed E-state index contributed by atoms with van der Waals surface area (Å²) in [6.45, 7) is 13.3. The molecule has 0 saturated carbocycles. The maximum atomic E-state index is 11.7. The lowest BCUT2D eigenvalue weighted by molar-refractivity contribution is -0.118. The molecule has 5 aliphatic carbocycles. The largest absolute Gasteiger partial charge is 0.547 e. The Morgan fingerprint density at radius 1 is 0.377 bits per heavy atom. The van der Waals surface area contributed by atoms with E-state index in [2.05, 4.69) is 81.8 Å². The lowest BCUT2D eigenvalue weighted by Gasteiger charge is -2.23. The average Bonchev–Trinajstić information content (AvgIpc) is 3.91. The van der Waals surface area contributed by atoms with Gasteiger partial charge in [0, 0.05) is 48.8 Å². The molecular formula is C65H84O10Si2. The number of Topliss-reactive ketones (excluding diaryl/α,β-unsaturated/α-hetero) is 3. The number of benzene rings is 5. The van der Waals surface area contributed by atoms with E-state index in [0.29, 0.717) is 25.0 Å². The molecule has 0 atom stereocenters. The number of fused-ring (bicyclic) bond motifs is 5. The van der Waals surface area contributed by atoms with Crippen LogP contribution in [0.4, 0.5) is 0 Å². The molecule has 10 nitrogen and oxygen atoms in total. The zero-order valence-electron chi connectivity index (χ0n) is 47.9. The molecule has 12 heteroatoms. The number of aryl methyl sites for hydroxylation is 5. The summed E-state index contributed by atoms with van der Waals surface area (Å²) < 4.78 is 38.3. The molecule has 5 aliphatic rings. The number of allylic oxidation sites excluding steroid dienone is 2. The van der Waals surface area contributed by atoms with Gasteiger partial charge in [-0.05, 0) is 228 Å². The van der Waals surface area contributed by atoms with E-state index in [4.69, 9.17) is 32.5 Å². The summed E-state index contributed by atoms with van der Waals surface area (Å²) in [5, 5.41) is 0. The summed E-state index contributed by atoms with van der Waals surface area (Å²) in [6, 6.07) is 30.2. The second-order valence-electron chi connectivity index (χ2n) is 22.1. The lowest BCUT2D eigenvalue weighted by atomic mass is 9.91. The zero-order chi connectivity index (χ0) is 55.5. The van der Waals surface area contributed by atoms with Crippen LogP contribution in [0.2, 0.25) is 39.3 Å². The highest BCUT2D eigenvalue weighted by molar-refractivity contribution is 6.70. The number of ether oxygens (including phenoxy) is 5. The van der Waals surface area contributed by atoms with E-state index in [1.165, 1.54) is 39.8 Å². The molecule has 0 radical (unpaired) electrons. The van der Waals surface area contributed by atoms with Crippen LogP contribution in [0.25, 0.3) is 11.8 Å². The molecule has 5 aromatic rings. The Morgan fingerprint density at radius 3 is 1.36 bits per heavy atom. The molecule has 0 fully saturated rings. The third-order valence-corrected chi connectivity index (χ3v) is 15.5. The van der Waals surface area contributed by atoms with E-state index in [1.807, 2.05) is 60.7 Å². The van der Waals surface area contributed by atoms with Crippen molar-refractivity contribution >= 4 is 45.8 Å². The smallest absolute Gasteiger partial charge is 0.242 e. The topological polar surface area (TPSA) is 116 Å². The van der Waals surface area contributed by atoms with Crippen LogP contribution in [0.15, 0.2) is 103 Å². The number of hydrogen-bond acceptors (Lipinski definition) is 10.